The van der Waals surface area contributed by atoms with Crippen molar-refractivity contribution in [3.05, 3.63) is 89.2 Å². The van der Waals surface area contributed by atoms with E-state index in [1.165, 1.54) is 11.8 Å². The van der Waals surface area contributed by atoms with Gasteiger partial charge in [0.05, 0.1) is 16.5 Å². The lowest BCUT2D eigenvalue weighted by Gasteiger charge is -2.17. The molecular weight excluding hydrogens is 418 g/mol. The minimum Gasteiger partial charge on any atom is -0.348 e. The molecule has 7 heteroatoms. The summed E-state index contributed by atoms with van der Waals surface area (Å²) >= 11 is 7.40. The number of anilines is 1. The van der Waals surface area contributed by atoms with Crippen molar-refractivity contribution < 1.29 is 9.59 Å². The van der Waals surface area contributed by atoms with Gasteiger partial charge in [0, 0.05) is 28.9 Å². The molecule has 1 unspecified atom stereocenters. The minimum atomic E-state index is -0.294. The number of pyridine rings is 1. The largest absolute Gasteiger partial charge is 0.348 e. The zero-order valence-electron chi connectivity index (χ0n) is 16.5. The number of carbonyl (C=O) groups is 2. The van der Waals surface area contributed by atoms with E-state index in [9.17, 15) is 9.59 Å². The van der Waals surface area contributed by atoms with Gasteiger partial charge < -0.3 is 10.6 Å². The molecule has 2 amide bonds. The van der Waals surface area contributed by atoms with E-state index in [1.807, 2.05) is 31.2 Å². The molecule has 0 saturated carbocycles. The van der Waals surface area contributed by atoms with E-state index in [2.05, 4.69) is 15.6 Å². The van der Waals surface area contributed by atoms with Gasteiger partial charge in [0.15, 0.2) is 0 Å². The summed E-state index contributed by atoms with van der Waals surface area (Å²) in [5, 5.41) is 6.14. The van der Waals surface area contributed by atoms with E-state index >= 15 is 0 Å². The van der Waals surface area contributed by atoms with Gasteiger partial charge in [0.2, 0.25) is 5.91 Å². The number of rotatable bonds is 8. The molecule has 3 rings (SSSR count). The molecule has 2 aromatic carbocycles. The molecule has 1 heterocycles. The van der Waals surface area contributed by atoms with Crippen molar-refractivity contribution in [1.82, 2.24) is 10.3 Å². The van der Waals surface area contributed by atoms with E-state index in [1.54, 1.807) is 48.8 Å². The fraction of sp³-hybridized carbons (Fsp3) is 0.174. The van der Waals surface area contributed by atoms with E-state index in [-0.39, 0.29) is 17.1 Å². The van der Waals surface area contributed by atoms with Crippen LogP contribution in [0.15, 0.2) is 78.0 Å². The van der Waals surface area contributed by atoms with E-state index in [0.717, 1.165) is 10.5 Å². The Morgan fingerprint density at radius 2 is 1.83 bits per heavy atom. The molecule has 0 bridgehead atoms. The lowest BCUT2D eigenvalue weighted by atomic mass is 10.1. The van der Waals surface area contributed by atoms with Crippen molar-refractivity contribution in [3.63, 3.8) is 0 Å². The quantitative estimate of drug-likeness (QED) is 0.475. The van der Waals surface area contributed by atoms with E-state index < -0.39 is 0 Å². The molecule has 0 saturated heterocycles. The molecule has 1 atom stereocenters. The third kappa shape index (κ3) is 6.08. The Kier molecular flexibility index (Phi) is 7.88. The molecule has 3 aromatic rings. The van der Waals surface area contributed by atoms with Crippen molar-refractivity contribution in [2.24, 2.45) is 0 Å². The van der Waals surface area contributed by atoms with Gasteiger partial charge in [0.1, 0.15) is 0 Å². The second kappa shape index (κ2) is 10.8. The Balaban J connectivity index is 1.67. The molecule has 0 radical (unpaired) electrons. The summed E-state index contributed by atoms with van der Waals surface area (Å²) in [6.07, 6.45) is 4.03. The third-order valence-corrected chi connectivity index (χ3v) is 5.99. The monoisotopic (exact) mass is 439 g/mol. The predicted octanol–water partition coefficient (Wildman–Crippen LogP) is 5.17. The zero-order valence-corrected chi connectivity index (χ0v) is 18.0. The Morgan fingerprint density at radius 1 is 1.07 bits per heavy atom. The summed E-state index contributed by atoms with van der Waals surface area (Å²) in [6.45, 7) is 2.32. The van der Waals surface area contributed by atoms with Crippen LogP contribution in [0, 0.1) is 0 Å². The van der Waals surface area contributed by atoms with Crippen molar-refractivity contribution in [3.8, 4) is 0 Å². The highest BCUT2D eigenvalue weighted by atomic mass is 35.5. The molecule has 5 nitrogen and oxygen atoms in total. The summed E-state index contributed by atoms with van der Waals surface area (Å²) in [5.74, 6) is -0.405. The number of hydrogen-bond donors (Lipinski definition) is 2. The van der Waals surface area contributed by atoms with Gasteiger partial charge in [-0.1, -0.05) is 36.7 Å². The number of carbonyl (C=O) groups excluding carboxylic acids is 2. The molecular formula is C23H22ClN3O2S. The highest BCUT2D eigenvalue weighted by Crippen LogP contribution is 2.28. The molecule has 0 fully saturated rings. The SMILES string of the molecule is CCC(Sc1ccc(Cl)cc1)C(=O)Nc1ccccc1C(=O)NCc1cccnc1. The maximum Gasteiger partial charge on any atom is 0.253 e. The van der Waals surface area contributed by atoms with Gasteiger partial charge in [-0.15, -0.1) is 11.8 Å². The van der Waals surface area contributed by atoms with Gasteiger partial charge >= 0.3 is 0 Å². The number of thioether (sulfide) groups is 1. The van der Waals surface area contributed by atoms with Crippen LogP contribution in [-0.2, 0) is 11.3 Å². The van der Waals surface area contributed by atoms with Crippen LogP contribution in [-0.4, -0.2) is 22.0 Å². The first-order valence-corrected chi connectivity index (χ1v) is 10.8. The molecule has 154 valence electrons. The first-order valence-electron chi connectivity index (χ1n) is 9.56. The molecule has 2 N–H and O–H groups in total. The highest BCUT2D eigenvalue weighted by Gasteiger charge is 2.20. The Bertz CT molecular complexity index is 997. The highest BCUT2D eigenvalue weighted by molar-refractivity contribution is 8.00. The van der Waals surface area contributed by atoms with Gasteiger partial charge in [-0.2, -0.15) is 0 Å². The number of hydrogen-bond acceptors (Lipinski definition) is 4. The smallest absolute Gasteiger partial charge is 0.253 e. The number of aromatic nitrogens is 1. The van der Waals surface area contributed by atoms with Crippen molar-refractivity contribution in [2.45, 2.75) is 30.0 Å². The maximum atomic E-state index is 12.9. The van der Waals surface area contributed by atoms with Crippen LogP contribution in [0.1, 0.15) is 29.3 Å². The summed E-state index contributed by atoms with van der Waals surface area (Å²) in [5.41, 5.74) is 1.81. The average molecular weight is 440 g/mol. The fourth-order valence-corrected chi connectivity index (χ4v) is 3.86. The standard InChI is InChI=1S/C23H22ClN3O2S/c1-2-21(30-18-11-9-17(24)10-12-18)23(29)27-20-8-4-3-7-19(20)22(28)26-15-16-6-5-13-25-14-16/h3-14,21H,2,15H2,1H3,(H,26,28)(H,27,29). The van der Waals surface area contributed by atoms with Crippen molar-refractivity contribution in [1.29, 1.82) is 0 Å². The van der Waals surface area contributed by atoms with Crippen molar-refractivity contribution >= 4 is 40.9 Å². The summed E-state index contributed by atoms with van der Waals surface area (Å²) < 4.78 is 0. The molecule has 0 aliphatic heterocycles. The maximum absolute atomic E-state index is 12.9. The van der Waals surface area contributed by atoms with Crippen LogP contribution in [0.25, 0.3) is 0 Å². The second-order valence-corrected chi connectivity index (χ2v) is 8.26. The number of para-hydroxylation sites is 1. The predicted molar refractivity (Wildman–Crippen MR) is 122 cm³/mol. The summed E-state index contributed by atoms with van der Waals surface area (Å²) in [6, 6.07) is 18.1. The Morgan fingerprint density at radius 3 is 2.53 bits per heavy atom. The van der Waals surface area contributed by atoms with Crippen LogP contribution in [0.3, 0.4) is 0 Å². The van der Waals surface area contributed by atoms with Crippen LogP contribution < -0.4 is 10.6 Å². The van der Waals surface area contributed by atoms with Crippen LogP contribution in [0.5, 0.6) is 0 Å². The average Bonchev–Trinajstić information content (AvgIpc) is 2.78. The number of nitrogens with zero attached hydrogens (tertiary/aromatic N) is 1. The van der Waals surface area contributed by atoms with Crippen LogP contribution >= 0.6 is 23.4 Å². The molecule has 30 heavy (non-hydrogen) atoms. The number of amides is 2. The van der Waals surface area contributed by atoms with Crippen LogP contribution in [0.4, 0.5) is 5.69 Å². The van der Waals surface area contributed by atoms with Gasteiger partial charge in [0.25, 0.3) is 5.91 Å². The molecule has 0 aliphatic rings. The Labute approximate surface area is 185 Å². The van der Waals surface area contributed by atoms with E-state index in [4.69, 9.17) is 11.6 Å². The number of nitrogens with one attached hydrogen (secondary N) is 2. The van der Waals surface area contributed by atoms with Gasteiger partial charge in [-0.3, -0.25) is 14.6 Å². The third-order valence-electron chi connectivity index (χ3n) is 4.36. The zero-order chi connectivity index (χ0) is 21.3. The molecule has 1 aromatic heterocycles. The fourth-order valence-electron chi connectivity index (χ4n) is 2.78. The molecule has 0 spiro atoms. The first-order chi connectivity index (χ1) is 14.6. The number of halogens is 1. The normalized spacial score (nSPS) is 11.5. The van der Waals surface area contributed by atoms with Crippen molar-refractivity contribution in [2.75, 3.05) is 5.32 Å². The molecule has 0 aliphatic carbocycles. The Hall–Kier alpha value is -2.83. The summed E-state index contributed by atoms with van der Waals surface area (Å²) in [4.78, 5) is 30.6. The van der Waals surface area contributed by atoms with Crippen LogP contribution in [0.2, 0.25) is 5.02 Å². The summed E-state index contributed by atoms with van der Waals surface area (Å²) in [7, 11) is 0. The number of benzene rings is 2. The first kappa shape index (κ1) is 21.9. The van der Waals surface area contributed by atoms with Gasteiger partial charge in [-0.25, -0.2) is 0 Å². The topological polar surface area (TPSA) is 71.1 Å². The van der Waals surface area contributed by atoms with E-state index in [0.29, 0.717) is 29.2 Å². The second-order valence-electron chi connectivity index (χ2n) is 6.55. The lowest BCUT2D eigenvalue weighted by molar-refractivity contribution is -0.115. The van der Waals surface area contributed by atoms with Gasteiger partial charge in [-0.05, 0) is 54.4 Å². The minimum absolute atomic E-state index is 0.148. The lowest BCUT2D eigenvalue weighted by Crippen LogP contribution is -2.28.